The van der Waals surface area contributed by atoms with Gasteiger partial charge in [-0.05, 0) is 44.4 Å². The minimum atomic E-state index is -0.503. The lowest BCUT2D eigenvalue weighted by molar-refractivity contribution is -0.123. The molecule has 0 heterocycles. The summed E-state index contributed by atoms with van der Waals surface area (Å²) in [4.78, 5) is 12.1. The molecule has 0 radical (unpaired) electrons. The molecule has 0 aromatic heterocycles. The van der Waals surface area contributed by atoms with Crippen LogP contribution in [0, 0.1) is 5.92 Å². The summed E-state index contributed by atoms with van der Waals surface area (Å²) in [6.45, 7) is 10.8. The van der Waals surface area contributed by atoms with Crippen LogP contribution in [0.3, 0.4) is 0 Å². The van der Waals surface area contributed by atoms with Crippen molar-refractivity contribution in [1.29, 1.82) is 0 Å². The Morgan fingerprint density at radius 3 is 2.27 bits per heavy atom. The lowest BCUT2D eigenvalue weighted by Gasteiger charge is -2.21. The maximum Gasteiger partial charge on any atom is 0.237 e. The van der Waals surface area contributed by atoms with E-state index in [0.29, 0.717) is 24.7 Å². The fourth-order valence-corrected chi connectivity index (χ4v) is 2.03. The van der Waals surface area contributed by atoms with E-state index in [2.05, 4.69) is 5.32 Å². The van der Waals surface area contributed by atoms with Crippen molar-refractivity contribution in [2.45, 2.75) is 46.7 Å². The number of hydrogen-bond donors (Lipinski definition) is 2. The van der Waals surface area contributed by atoms with Crippen LogP contribution in [0.1, 0.15) is 46.2 Å². The molecule has 0 saturated carbocycles. The summed E-state index contributed by atoms with van der Waals surface area (Å²) in [6.07, 6.45) is 0. The van der Waals surface area contributed by atoms with Gasteiger partial charge >= 0.3 is 0 Å². The number of ether oxygens (including phenoxy) is 2. The van der Waals surface area contributed by atoms with Gasteiger partial charge in [0, 0.05) is 0 Å². The van der Waals surface area contributed by atoms with Crippen LogP contribution < -0.4 is 20.5 Å². The van der Waals surface area contributed by atoms with Crippen molar-refractivity contribution in [3.05, 3.63) is 23.8 Å². The van der Waals surface area contributed by atoms with Gasteiger partial charge < -0.3 is 20.5 Å². The zero-order valence-electron chi connectivity index (χ0n) is 14.2. The first-order valence-electron chi connectivity index (χ1n) is 7.86. The summed E-state index contributed by atoms with van der Waals surface area (Å²) in [5.41, 5.74) is 6.83. The van der Waals surface area contributed by atoms with Gasteiger partial charge in [-0.25, -0.2) is 0 Å². The summed E-state index contributed by atoms with van der Waals surface area (Å²) in [7, 11) is 0. The van der Waals surface area contributed by atoms with E-state index < -0.39 is 6.04 Å². The Kier molecular flexibility index (Phi) is 7.18. The second-order valence-corrected chi connectivity index (χ2v) is 5.57. The number of nitrogens with two attached hydrogens (primary N) is 1. The van der Waals surface area contributed by atoms with Crippen molar-refractivity contribution in [3.8, 4) is 11.5 Å². The normalized spacial score (nSPS) is 13.6. The maximum atomic E-state index is 12.1. The van der Waals surface area contributed by atoms with E-state index >= 15 is 0 Å². The molecule has 0 bridgehead atoms. The van der Waals surface area contributed by atoms with Crippen LogP contribution in [0.4, 0.5) is 0 Å². The summed E-state index contributed by atoms with van der Waals surface area (Å²) in [6, 6.07) is 5.05. The van der Waals surface area contributed by atoms with Crippen molar-refractivity contribution in [2.24, 2.45) is 11.7 Å². The molecule has 1 rings (SSSR count). The molecule has 3 N–H and O–H groups in total. The smallest absolute Gasteiger partial charge is 0.237 e. The second kappa shape index (κ2) is 8.63. The first-order valence-corrected chi connectivity index (χ1v) is 7.86. The number of amides is 1. The van der Waals surface area contributed by atoms with Crippen LogP contribution in [-0.2, 0) is 4.79 Å². The molecule has 0 aliphatic carbocycles. The Balaban J connectivity index is 2.87. The predicted octanol–water partition coefficient (Wildman–Crippen LogP) is 2.64. The molecular weight excluding hydrogens is 280 g/mol. The van der Waals surface area contributed by atoms with Gasteiger partial charge in [0.25, 0.3) is 0 Å². The molecular formula is C17H28N2O3. The van der Waals surface area contributed by atoms with Crippen molar-refractivity contribution in [1.82, 2.24) is 5.32 Å². The molecule has 22 heavy (non-hydrogen) atoms. The molecule has 0 spiro atoms. The highest BCUT2D eigenvalue weighted by Gasteiger charge is 2.20. The molecule has 0 saturated heterocycles. The first-order chi connectivity index (χ1) is 10.4. The van der Waals surface area contributed by atoms with Gasteiger partial charge in [0.2, 0.25) is 5.91 Å². The predicted molar refractivity (Wildman–Crippen MR) is 88.2 cm³/mol. The Morgan fingerprint density at radius 1 is 1.14 bits per heavy atom. The van der Waals surface area contributed by atoms with Crippen molar-refractivity contribution >= 4 is 5.91 Å². The summed E-state index contributed by atoms with van der Waals surface area (Å²) >= 11 is 0. The fraction of sp³-hybridized carbons (Fsp3) is 0.588. The van der Waals surface area contributed by atoms with Crippen LogP contribution in [0.25, 0.3) is 0 Å². The Morgan fingerprint density at radius 2 is 1.73 bits per heavy atom. The third-order valence-corrected chi connectivity index (χ3v) is 3.45. The standard InChI is InChI=1S/C17H28N2O3/c1-6-21-14-9-8-13(10-15(14)22-7-2)12(5)19-17(20)16(18)11(3)4/h8-12,16H,6-7,18H2,1-5H3,(H,19,20)/t12?,16-/m0/s1. The monoisotopic (exact) mass is 308 g/mol. The number of carbonyl (C=O) groups excluding carboxylic acids is 1. The molecule has 0 aliphatic heterocycles. The van der Waals surface area contributed by atoms with Gasteiger partial charge in [0.05, 0.1) is 25.3 Å². The van der Waals surface area contributed by atoms with E-state index in [1.165, 1.54) is 0 Å². The van der Waals surface area contributed by atoms with Crippen LogP contribution >= 0.6 is 0 Å². The Labute approximate surface area is 133 Å². The van der Waals surface area contributed by atoms with E-state index in [4.69, 9.17) is 15.2 Å². The SMILES string of the molecule is CCOc1ccc(C(C)NC(=O)[C@@H](N)C(C)C)cc1OCC. The average Bonchev–Trinajstić information content (AvgIpc) is 2.48. The fourth-order valence-electron chi connectivity index (χ4n) is 2.03. The number of hydrogen-bond acceptors (Lipinski definition) is 4. The molecule has 5 nitrogen and oxygen atoms in total. The van der Waals surface area contributed by atoms with Gasteiger partial charge in [-0.2, -0.15) is 0 Å². The maximum absolute atomic E-state index is 12.1. The van der Waals surface area contributed by atoms with E-state index in [-0.39, 0.29) is 17.9 Å². The zero-order chi connectivity index (χ0) is 16.7. The first kappa shape index (κ1) is 18.3. The highest BCUT2D eigenvalue weighted by Crippen LogP contribution is 2.30. The van der Waals surface area contributed by atoms with E-state index in [1.54, 1.807) is 0 Å². The topological polar surface area (TPSA) is 73.6 Å². The summed E-state index contributed by atoms with van der Waals surface area (Å²) in [5.74, 6) is 1.36. The Hall–Kier alpha value is -1.75. The number of rotatable bonds is 8. The van der Waals surface area contributed by atoms with Gasteiger partial charge in [-0.3, -0.25) is 4.79 Å². The molecule has 1 amide bonds. The van der Waals surface area contributed by atoms with E-state index in [9.17, 15) is 4.79 Å². The molecule has 1 aromatic rings. The highest BCUT2D eigenvalue weighted by atomic mass is 16.5. The average molecular weight is 308 g/mol. The van der Waals surface area contributed by atoms with Gasteiger partial charge in [0.15, 0.2) is 11.5 Å². The molecule has 1 unspecified atom stereocenters. The number of nitrogens with one attached hydrogen (secondary N) is 1. The van der Waals surface area contributed by atoms with E-state index in [1.807, 2.05) is 52.8 Å². The number of benzene rings is 1. The molecule has 124 valence electrons. The molecule has 5 heteroatoms. The van der Waals surface area contributed by atoms with Crippen LogP contribution in [0.2, 0.25) is 0 Å². The minimum absolute atomic E-state index is 0.103. The van der Waals surface area contributed by atoms with Crippen molar-refractivity contribution in [3.63, 3.8) is 0 Å². The van der Waals surface area contributed by atoms with Crippen molar-refractivity contribution < 1.29 is 14.3 Å². The molecule has 0 aliphatic rings. The quantitative estimate of drug-likeness (QED) is 0.774. The van der Waals surface area contributed by atoms with Crippen LogP contribution in [-0.4, -0.2) is 25.2 Å². The van der Waals surface area contributed by atoms with Gasteiger partial charge in [-0.15, -0.1) is 0 Å². The van der Waals surface area contributed by atoms with Crippen molar-refractivity contribution in [2.75, 3.05) is 13.2 Å². The lowest BCUT2D eigenvalue weighted by atomic mass is 10.0. The largest absolute Gasteiger partial charge is 0.490 e. The summed E-state index contributed by atoms with van der Waals surface area (Å²) in [5, 5.41) is 2.94. The van der Waals surface area contributed by atoms with Crippen LogP contribution in [0.5, 0.6) is 11.5 Å². The Bertz CT molecular complexity index is 489. The van der Waals surface area contributed by atoms with Gasteiger partial charge in [-0.1, -0.05) is 19.9 Å². The second-order valence-electron chi connectivity index (χ2n) is 5.57. The van der Waals surface area contributed by atoms with E-state index in [0.717, 1.165) is 5.56 Å². The molecule has 1 aromatic carbocycles. The third-order valence-electron chi connectivity index (χ3n) is 3.45. The highest BCUT2D eigenvalue weighted by molar-refractivity contribution is 5.82. The molecule has 0 fully saturated rings. The minimum Gasteiger partial charge on any atom is -0.490 e. The third kappa shape index (κ3) is 4.91. The molecule has 2 atom stereocenters. The lowest BCUT2D eigenvalue weighted by Crippen LogP contribution is -2.44. The number of carbonyl (C=O) groups is 1. The summed E-state index contributed by atoms with van der Waals surface area (Å²) < 4.78 is 11.2. The van der Waals surface area contributed by atoms with Crippen LogP contribution in [0.15, 0.2) is 18.2 Å². The zero-order valence-corrected chi connectivity index (χ0v) is 14.2. The van der Waals surface area contributed by atoms with Gasteiger partial charge in [0.1, 0.15) is 0 Å².